The first-order valence-corrected chi connectivity index (χ1v) is 9.39. The number of hydrogen-bond donors (Lipinski definition) is 1. The molecule has 2 aliphatic rings. The normalized spacial score (nSPS) is 16.1. The Balaban J connectivity index is 1.50. The highest BCUT2D eigenvalue weighted by atomic mass is 16.6. The van der Waals surface area contributed by atoms with Crippen molar-refractivity contribution in [2.75, 3.05) is 38.4 Å². The molecule has 1 atom stereocenters. The summed E-state index contributed by atoms with van der Waals surface area (Å²) in [6.07, 6.45) is 0. The first-order valence-electron chi connectivity index (χ1n) is 9.39. The van der Waals surface area contributed by atoms with E-state index in [0.29, 0.717) is 55.8 Å². The van der Waals surface area contributed by atoms with Crippen LogP contribution in [0.1, 0.15) is 22.8 Å². The highest BCUT2D eigenvalue weighted by Gasteiger charge is 2.39. The molecule has 2 aromatic carbocycles. The Morgan fingerprint density at radius 2 is 1.75 bits per heavy atom. The van der Waals surface area contributed by atoms with Gasteiger partial charge in [0.15, 0.2) is 18.2 Å². The molecule has 1 unspecified atom stereocenters. The SMILES string of the molecule is CCOc1ccc(C[NH+](C)CN2C(=O)C(=O)c3cc4c(cc32)OCCO4)cc1. The number of fused-ring (bicyclic) bond motifs is 2. The molecule has 0 bridgehead atoms. The van der Waals surface area contributed by atoms with E-state index in [2.05, 4.69) is 0 Å². The van der Waals surface area contributed by atoms with E-state index in [-0.39, 0.29) is 0 Å². The molecule has 2 aliphatic heterocycles. The van der Waals surface area contributed by atoms with E-state index >= 15 is 0 Å². The van der Waals surface area contributed by atoms with E-state index in [0.717, 1.165) is 16.2 Å². The number of amides is 1. The highest BCUT2D eigenvalue weighted by molar-refractivity contribution is 6.52. The van der Waals surface area contributed by atoms with Gasteiger partial charge >= 0.3 is 5.91 Å². The van der Waals surface area contributed by atoms with Gasteiger partial charge < -0.3 is 19.1 Å². The van der Waals surface area contributed by atoms with E-state index in [9.17, 15) is 9.59 Å². The van der Waals surface area contributed by atoms with Crippen molar-refractivity contribution in [1.82, 2.24) is 0 Å². The number of benzene rings is 2. The third-order valence-corrected chi connectivity index (χ3v) is 4.80. The summed E-state index contributed by atoms with van der Waals surface area (Å²) in [4.78, 5) is 27.6. The van der Waals surface area contributed by atoms with Crippen LogP contribution >= 0.6 is 0 Å². The zero-order valence-electron chi connectivity index (χ0n) is 16.0. The summed E-state index contributed by atoms with van der Waals surface area (Å²) in [5.41, 5.74) is 2.09. The fraction of sp³-hybridized carbons (Fsp3) is 0.333. The summed E-state index contributed by atoms with van der Waals surface area (Å²) in [5.74, 6) is 0.916. The predicted molar refractivity (Wildman–Crippen MR) is 102 cm³/mol. The number of quaternary nitrogens is 1. The number of Topliss-reactive ketones (excluding diaryl/α,β-unsaturated/α-hetero) is 1. The number of hydrogen-bond acceptors (Lipinski definition) is 5. The molecule has 1 amide bonds. The van der Waals surface area contributed by atoms with Gasteiger partial charge in [0, 0.05) is 11.6 Å². The van der Waals surface area contributed by atoms with Crippen LogP contribution in [0.4, 0.5) is 5.69 Å². The standard InChI is InChI=1S/C21H22N2O5/c1-3-26-15-6-4-14(5-7-15)12-22(2)13-23-17-11-19-18(27-8-9-28-19)10-16(17)20(24)21(23)25/h4-7,10-11H,3,8-9,12-13H2,1-2H3/p+1. The summed E-state index contributed by atoms with van der Waals surface area (Å²) < 4.78 is 16.6. The number of rotatable bonds is 6. The van der Waals surface area contributed by atoms with Gasteiger partial charge in [0.25, 0.3) is 5.78 Å². The molecule has 2 aromatic rings. The molecule has 0 saturated carbocycles. The van der Waals surface area contributed by atoms with Crippen LogP contribution in [0.15, 0.2) is 36.4 Å². The lowest BCUT2D eigenvalue weighted by molar-refractivity contribution is -0.892. The Hall–Kier alpha value is -3.06. The average Bonchev–Trinajstić information content (AvgIpc) is 2.92. The second kappa shape index (κ2) is 7.52. The number of ketones is 1. The van der Waals surface area contributed by atoms with Crippen molar-refractivity contribution in [3.05, 3.63) is 47.5 Å². The minimum atomic E-state index is -0.511. The second-order valence-corrected chi connectivity index (χ2v) is 6.94. The van der Waals surface area contributed by atoms with Crippen LogP contribution in [0.3, 0.4) is 0 Å². The molecule has 146 valence electrons. The molecule has 0 aromatic heterocycles. The van der Waals surface area contributed by atoms with Gasteiger partial charge in [0.2, 0.25) is 0 Å². The minimum absolute atomic E-state index is 0.378. The number of anilines is 1. The predicted octanol–water partition coefficient (Wildman–Crippen LogP) is 1.06. The number of carbonyl (C=O) groups is 2. The summed E-state index contributed by atoms with van der Waals surface area (Å²) >= 11 is 0. The number of nitrogens with one attached hydrogen (secondary N) is 1. The summed E-state index contributed by atoms with van der Waals surface area (Å²) in [7, 11) is 1.99. The maximum absolute atomic E-state index is 12.5. The summed E-state index contributed by atoms with van der Waals surface area (Å²) in [6.45, 7) is 4.57. The first kappa shape index (κ1) is 18.3. The average molecular weight is 383 g/mol. The lowest BCUT2D eigenvalue weighted by atomic mass is 10.1. The Morgan fingerprint density at radius 3 is 2.43 bits per heavy atom. The van der Waals surface area contributed by atoms with E-state index in [1.165, 1.54) is 4.90 Å². The van der Waals surface area contributed by atoms with Crippen LogP contribution in [0, 0.1) is 0 Å². The molecule has 28 heavy (non-hydrogen) atoms. The van der Waals surface area contributed by atoms with Gasteiger partial charge in [-0.2, -0.15) is 0 Å². The highest BCUT2D eigenvalue weighted by Crippen LogP contribution is 2.40. The lowest BCUT2D eigenvalue weighted by Gasteiger charge is -2.23. The molecule has 0 saturated heterocycles. The van der Waals surface area contributed by atoms with Gasteiger partial charge in [-0.1, -0.05) is 0 Å². The molecule has 0 radical (unpaired) electrons. The molecule has 1 N–H and O–H groups in total. The van der Waals surface area contributed by atoms with Crippen molar-refractivity contribution in [2.45, 2.75) is 13.5 Å². The zero-order valence-corrected chi connectivity index (χ0v) is 16.0. The maximum Gasteiger partial charge on any atom is 0.303 e. The van der Waals surface area contributed by atoms with Gasteiger partial charge in [-0.05, 0) is 37.3 Å². The fourth-order valence-corrected chi connectivity index (χ4v) is 3.53. The quantitative estimate of drug-likeness (QED) is 0.756. The molecule has 4 rings (SSSR count). The third kappa shape index (κ3) is 3.41. The van der Waals surface area contributed by atoms with Gasteiger partial charge in [-0.25, -0.2) is 0 Å². The minimum Gasteiger partial charge on any atom is -0.494 e. The molecular formula is C21H23N2O5+. The first-order chi connectivity index (χ1) is 13.6. The Bertz CT molecular complexity index is 910. The molecule has 0 fully saturated rings. The van der Waals surface area contributed by atoms with Crippen LogP contribution < -0.4 is 24.0 Å². The van der Waals surface area contributed by atoms with Crippen LogP contribution in [0.2, 0.25) is 0 Å². The second-order valence-electron chi connectivity index (χ2n) is 6.94. The van der Waals surface area contributed by atoms with Crippen molar-refractivity contribution in [1.29, 1.82) is 0 Å². The molecular weight excluding hydrogens is 360 g/mol. The number of nitrogens with zero attached hydrogens (tertiary/aromatic N) is 1. The number of carbonyl (C=O) groups excluding carboxylic acids is 2. The summed E-state index contributed by atoms with van der Waals surface area (Å²) in [5, 5.41) is 0. The smallest absolute Gasteiger partial charge is 0.303 e. The largest absolute Gasteiger partial charge is 0.494 e. The van der Waals surface area contributed by atoms with Crippen LogP contribution in [0.5, 0.6) is 17.2 Å². The van der Waals surface area contributed by atoms with Crippen LogP contribution in [-0.4, -0.2) is 45.2 Å². The monoisotopic (exact) mass is 383 g/mol. The molecule has 0 aliphatic carbocycles. The van der Waals surface area contributed by atoms with Gasteiger partial charge in [0.05, 0.1) is 24.9 Å². The van der Waals surface area contributed by atoms with Gasteiger partial charge in [0.1, 0.15) is 25.5 Å². The van der Waals surface area contributed by atoms with Crippen molar-refractivity contribution < 1.29 is 28.7 Å². The Labute approximate surface area is 163 Å². The molecule has 7 nitrogen and oxygen atoms in total. The molecule has 2 heterocycles. The third-order valence-electron chi connectivity index (χ3n) is 4.80. The molecule has 7 heteroatoms. The molecule has 0 spiro atoms. The number of ether oxygens (including phenoxy) is 3. The zero-order chi connectivity index (χ0) is 19.7. The van der Waals surface area contributed by atoms with Gasteiger partial charge in [-0.15, -0.1) is 0 Å². The van der Waals surface area contributed by atoms with Crippen LogP contribution in [0.25, 0.3) is 0 Å². The van der Waals surface area contributed by atoms with Crippen molar-refractivity contribution in [3.8, 4) is 17.2 Å². The fourth-order valence-electron chi connectivity index (χ4n) is 3.53. The van der Waals surface area contributed by atoms with Crippen molar-refractivity contribution in [2.24, 2.45) is 0 Å². The topological polar surface area (TPSA) is 69.5 Å². The Kier molecular flexibility index (Phi) is 4.92. The van der Waals surface area contributed by atoms with E-state index < -0.39 is 11.7 Å². The van der Waals surface area contributed by atoms with E-state index in [4.69, 9.17) is 14.2 Å². The Morgan fingerprint density at radius 1 is 1.07 bits per heavy atom. The van der Waals surface area contributed by atoms with E-state index in [1.807, 2.05) is 38.2 Å². The van der Waals surface area contributed by atoms with Crippen molar-refractivity contribution in [3.63, 3.8) is 0 Å². The lowest BCUT2D eigenvalue weighted by Crippen LogP contribution is -3.09. The van der Waals surface area contributed by atoms with Crippen molar-refractivity contribution >= 4 is 17.4 Å². The maximum atomic E-state index is 12.5. The van der Waals surface area contributed by atoms with E-state index in [1.54, 1.807) is 12.1 Å². The van der Waals surface area contributed by atoms with Gasteiger partial charge in [-0.3, -0.25) is 14.5 Å². The van der Waals surface area contributed by atoms with Crippen LogP contribution in [-0.2, 0) is 11.3 Å². The summed E-state index contributed by atoms with van der Waals surface area (Å²) in [6, 6.07) is 11.3.